The molecule has 1 aliphatic heterocycles. The van der Waals surface area contributed by atoms with E-state index in [1.807, 2.05) is 17.0 Å². The average molecular weight is 275 g/mol. The van der Waals surface area contributed by atoms with E-state index in [2.05, 4.69) is 32.9 Å². The number of ether oxygens (including phenoxy) is 1. The third kappa shape index (κ3) is 3.53. The second kappa shape index (κ2) is 5.86. The van der Waals surface area contributed by atoms with E-state index in [9.17, 15) is 4.79 Å². The van der Waals surface area contributed by atoms with Crippen molar-refractivity contribution in [2.75, 3.05) is 13.7 Å². The Bertz CT molecular complexity index is 459. The Morgan fingerprint density at radius 3 is 2.50 bits per heavy atom. The molecular weight excluding hydrogens is 250 g/mol. The van der Waals surface area contributed by atoms with Gasteiger partial charge in [0.05, 0.1) is 13.2 Å². The Balaban J connectivity index is 2.12. The fourth-order valence-corrected chi connectivity index (χ4v) is 2.79. The van der Waals surface area contributed by atoms with Gasteiger partial charge in [-0.15, -0.1) is 0 Å². The molecule has 110 valence electrons. The van der Waals surface area contributed by atoms with Crippen molar-refractivity contribution in [1.29, 1.82) is 0 Å². The van der Waals surface area contributed by atoms with E-state index in [0.29, 0.717) is 6.42 Å². The zero-order valence-corrected chi connectivity index (χ0v) is 13.0. The van der Waals surface area contributed by atoms with Gasteiger partial charge in [-0.25, -0.2) is 0 Å². The van der Waals surface area contributed by atoms with Gasteiger partial charge < -0.3 is 9.64 Å². The molecule has 0 bridgehead atoms. The zero-order chi connectivity index (χ0) is 14.8. The number of likely N-dealkylation sites (tertiary alicyclic amines) is 1. The van der Waals surface area contributed by atoms with Crippen LogP contribution in [0.3, 0.4) is 0 Å². The number of carbonyl (C=O) groups excluding carboxylic acids is 1. The predicted octanol–water partition coefficient (Wildman–Crippen LogP) is 3.79. The number of hydrogen-bond acceptors (Lipinski definition) is 2. The normalized spacial score (nSPS) is 19.2. The number of hydrogen-bond donors (Lipinski definition) is 0. The van der Waals surface area contributed by atoms with E-state index in [0.717, 1.165) is 25.1 Å². The lowest BCUT2D eigenvalue weighted by atomic mass is 9.91. The van der Waals surface area contributed by atoms with Gasteiger partial charge in [-0.05, 0) is 36.0 Å². The van der Waals surface area contributed by atoms with E-state index < -0.39 is 0 Å². The molecule has 0 saturated carbocycles. The van der Waals surface area contributed by atoms with Crippen molar-refractivity contribution in [3.63, 3.8) is 0 Å². The van der Waals surface area contributed by atoms with Gasteiger partial charge in [0, 0.05) is 13.0 Å². The topological polar surface area (TPSA) is 29.5 Å². The SMILES string of the molecule is COc1ccc(C2CCCN2C(=O)CC(C)(C)C)cc1. The van der Waals surface area contributed by atoms with E-state index in [1.165, 1.54) is 5.56 Å². The van der Waals surface area contributed by atoms with Crippen LogP contribution in [0.25, 0.3) is 0 Å². The molecule has 1 saturated heterocycles. The van der Waals surface area contributed by atoms with E-state index in [4.69, 9.17) is 4.74 Å². The first kappa shape index (κ1) is 14.9. The van der Waals surface area contributed by atoms with Gasteiger partial charge in [0.25, 0.3) is 0 Å². The number of carbonyl (C=O) groups is 1. The summed E-state index contributed by atoms with van der Waals surface area (Å²) in [7, 11) is 1.67. The first-order valence-electron chi connectivity index (χ1n) is 7.34. The molecular formula is C17H25NO2. The summed E-state index contributed by atoms with van der Waals surface area (Å²) in [5.41, 5.74) is 1.26. The minimum Gasteiger partial charge on any atom is -0.497 e. The van der Waals surface area contributed by atoms with Crippen molar-refractivity contribution in [2.24, 2.45) is 5.41 Å². The number of amides is 1. The van der Waals surface area contributed by atoms with Crippen molar-refractivity contribution in [2.45, 2.75) is 46.1 Å². The Morgan fingerprint density at radius 2 is 1.95 bits per heavy atom. The smallest absolute Gasteiger partial charge is 0.223 e. The van der Waals surface area contributed by atoms with Crippen LogP contribution in [-0.2, 0) is 4.79 Å². The standard InChI is InChI=1S/C17H25NO2/c1-17(2,3)12-16(19)18-11-5-6-15(18)13-7-9-14(20-4)10-8-13/h7-10,15H,5-6,11-12H2,1-4H3. The largest absolute Gasteiger partial charge is 0.497 e. The lowest BCUT2D eigenvalue weighted by molar-refractivity contribution is -0.134. The summed E-state index contributed by atoms with van der Waals surface area (Å²) >= 11 is 0. The molecule has 1 aromatic rings. The summed E-state index contributed by atoms with van der Waals surface area (Å²) in [4.78, 5) is 14.5. The number of nitrogens with zero attached hydrogens (tertiary/aromatic N) is 1. The molecule has 0 aliphatic carbocycles. The maximum Gasteiger partial charge on any atom is 0.223 e. The maximum atomic E-state index is 12.5. The zero-order valence-electron chi connectivity index (χ0n) is 13.0. The second-order valence-electron chi connectivity index (χ2n) is 6.76. The summed E-state index contributed by atoms with van der Waals surface area (Å²) in [5, 5.41) is 0. The molecule has 3 heteroatoms. The summed E-state index contributed by atoms with van der Waals surface area (Å²) in [6.07, 6.45) is 2.76. The van der Waals surface area contributed by atoms with Crippen LogP contribution < -0.4 is 4.74 Å². The van der Waals surface area contributed by atoms with Gasteiger partial charge in [-0.1, -0.05) is 32.9 Å². The maximum absolute atomic E-state index is 12.5. The first-order valence-corrected chi connectivity index (χ1v) is 7.34. The summed E-state index contributed by atoms with van der Waals surface area (Å²) in [5.74, 6) is 1.13. The Morgan fingerprint density at radius 1 is 1.30 bits per heavy atom. The fraction of sp³-hybridized carbons (Fsp3) is 0.588. The first-order chi connectivity index (χ1) is 9.40. The van der Waals surface area contributed by atoms with Crippen LogP contribution in [0, 0.1) is 5.41 Å². The highest BCUT2D eigenvalue weighted by molar-refractivity contribution is 5.77. The molecule has 0 radical (unpaired) electrons. The minimum absolute atomic E-state index is 0.0458. The van der Waals surface area contributed by atoms with E-state index >= 15 is 0 Å². The molecule has 1 aliphatic rings. The van der Waals surface area contributed by atoms with Gasteiger partial charge in [0.15, 0.2) is 0 Å². The molecule has 1 fully saturated rings. The van der Waals surface area contributed by atoms with Crippen molar-refractivity contribution in [3.8, 4) is 5.75 Å². The lowest BCUT2D eigenvalue weighted by Crippen LogP contribution is -2.33. The number of methoxy groups -OCH3 is 1. The molecule has 2 rings (SSSR count). The minimum atomic E-state index is 0.0458. The van der Waals surface area contributed by atoms with Crippen LogP contribution in [0.5, 0.6) is 5.75 Å². The number of benzene rings is 1. The summed E-state index contributed by atoms with van der Waals surface area (Å²) in [6.45, 7) is 7.22. The fourth-order valence-electron chi connectivity index (χ4n) is 2.79. The predicted molar refractivity (Wildman–Crippen MR) is 80.8 cm³/mol. The van der Waals surface area contributed by atoms with Crippen molar-refractivity contribution >= 4 is 5.91 Å². The van der Waals surface area contributed by atoms with Crippen LogP contribution in [-0.4, -0.2) is 24.5 Å². The molecule has 0 N–H and O–H groups in total. The monoisotopic (exact) mass is 275 g/mol. The van der Waals surface area contributed by atoms with Crippen molar-refractivity contribution in [1.82, 2.24) is 4.90 Å². The number of rotatable bonds is 3. The molecule has 1 aromatic carbocycles. The quantitative estimate of drug-likeness (QED) is 0.840. The van der Waals surface area contributed by atoms with E-state index in [-0.39, 0.29) is 17.4 Å². The molecule has 1 heterocycles. The second-order valence-corrected chi connectivity index (χ2v) is 6.76. The van der Waals surface area contributed by atoms with Gasteiger partial charge >= 0.3 is 0 Å². The van der Waals surface area contributed by atoms with Crippen molar-refractivity contribution < 1.29 is 9.53 Å². The van der Waals surface area contributed by atoms with Crippen LogP contribution in [0.4, 0.5) is 0 Å². The Labute approximate surface area is 121 Å². The highest BCUT2D eigenvalue weighted by Gasteiger charge is 2.31. The van der Waals surface area contributed by atoms with Crippen molar-refractivity contribution in [3.05, 3.63) is 29.8 Å². The van der Waals surface area contributed by atoms with E-state index in [1.54, 1.807) is 7.11 Å². The molecule has 0 aromatic heterocycles. The van der Waals surface area contributed by atoms with Crippen LogP contribution in [0.1, 0.15) is 51.6 Å². The highest BCUT2D eigenvalue weighted by atomic mass is 16.5. The highest BCUT2D eigenvalue weighted by Crippen LogP contribution is 2.34. The molecule has 20 heavy (non-hydrogen) atoms. The lowest BCUT2D eigenvalue weighted by Gasteiger charge is -2.28. The van der Waals surface area contributed by atoms with Gasteiger partial charge in [0.2, 0.25) is 5.91 Å². The van der Waals surface area contributed by atoms with Gasteiger partial charge in [0.1, 0.15) is 5.75 Å². The molecule has 0 spiro atoms. The molecule has 1 unspecified atom stereocenters. The third-order valence-electron chi connectivity index (χ3n) is 3.76. The Hall–Kier alpha value is -1.51. The molecule has 3 nitrogen and oxygen atoms in total. The third-order valence-corrected chi connectivity index (χ3v) is 3.76. The van der Waals surface area contributed by atoms with Gasteiger partial charge in [-0.2, -0.15) is 0 Å². The van der Waals surface area contributed by atoms with Gasteiger partial charge in [-0.3, -0.25) is 4.79 Å². The van der Waals surface area contributed by atoms with Crippen LogP contribution >= 0.6 is 0 Å². The van der Waals surface area contributed by atoms with Crippen LogP contribution in [0.2, 0.25) is 0 Å². The summed E-state index contributed by atoms with van der Waals surface area (Å²) in [6, 6.07) is 8.33. The summed E-state index contributed by atoms with van der Waals surface area (Å²) < 4.78 is 5.19. The molecule has 1 amide bonds. The average Bonchev–Trinajstić information content (AvgIpc) is 2.86. The molecule has 1 atom stereocenters. The Kier molecular flexibility index (Phi) is 4.36. The van der Waals surface area contributed by atoms with Crippen LogP contribution in [0.15, 0.2) is 24.3 Å².